The van der Waals surface area contributed by atoms with Gasteiger partial charge in [0.2, 0.25) is 0 Å². The summed E-state index contributed by atoms with van der Waals surface area (Å²) >= 11 is 0. The van der Waals surface area contributed by atoms with Crippen LogP contribution in [0.3, 0.4) is 0 Å². The van der Waals surface area contributed by atoms with Gasteiger partial charge in [0, 0.05) is 0 Å². The molecule has 82 valence electrons. The average Bonchev–Trinajstić information content (AvgIpc) is 2.28. The van der Waals surface area contributed by atoms with E-state index < -0.39 is 0 Å². The molecule has 0 N–H and O–H groups in total. The van der Waals surface area contributed by atoms with Crippen LogP contribution in [0, 0.1) is 5.92 Å². The lowest BCUT2D eigenvalue weighted by molar-refractivity contribution is 0.354. The second-order valence-corrected chi connectivity index (χ2v) is 3.61. The molecule has 2 heteroatoms. The third-order valence-electron chi connectivity index (χ3n) is 2.41. The summed E-state index contributed by atoms with van der Waals surface area (Å²) in [5.41, 5.74) is 1.24. The van der Waals surface area contributed by atoms with Crippen molar-refractivity contribution in [2.75, 3.05) is 14.2 Å². The summed E-state index contributed by atoms with van der Waals surface area (Å²) in [6.45, 7) is 5.92. The highest BCUT2D eigenvalue weighted by Gasteiger charge is 2.05. The summed E-state index contributed by atoms with van der Waals surface area (Å²) in [7, 11) is 3.29. The zero-order chi connectivity index (χ0) is 11.3. The van der Waals surface area contributed by atoms with Gasteiger partial charge in [-0.3, -0.25) is 0 Å². The average molecular weight is 206 g/mol. The highest BCUT2D eigenvalue weighted by molar-refractivity contribution is 5.43. The van der Waals surface area contributed by atoms with E-state index in [0.29, 0.717) is 5.92 Å². The van der Waals surface area contributed by atoms with Crippen LogP contribution in [0.2, 0.25) is 0 Å². The SMILES string of the molecule is C=CC(C)Cc1ccc(OC)c(OC)c1. The minimum absolute atomic E-state index is 0.475. The van der Waals surface area contributed by atoms with E-state index in [1.807, 2.05) is 18.2 Å². The van der Waals surface area contributed by atoms with Gasteiger partial charge < -0.3 is 9.47 Å². The van der Waals surface area contributed by atoms with Crippen LogP contribution in [0.15, 0.2) is 30.9 Å². The molecule has 0 saturated heterocycles. The Kier molecular flexibility index (Phi) is 4.22. The molecule has 0 radical (unpaired) electrons. The van der Waals surface area contributed by atoms with E-state index in [4.69, 9.17) is 9.47 Å². The first kappa shape index (κ1) is 11.6. The summed E-state index contributed by atoms with van der Waals surface area (Å²) in [6.07, 6.45) is 2.93. The fourth-order valence-electron chi connectivity index (χ4n) is 1.46. The van der Waals surface area contributed by atoms with Gasteiger partial charge in [-0.15, -0.1) is 6.58 Å². The van der Waals surface area contributed by atoms with Crippen LogP contribution in [-0.2, 0) is 6.42 Å². The number of benzene rings is 1. The lowest BCUT2D eigenvalue weighted by Gasteiger charge is -2.11. The molecule has 1 rings (SSSR count). The molecule has 0 aliphatic carbocycles. The fraction of sp³-hybridized carbons (Fsp3) is 0.385. The molecule has 0 bridgehead atoms. The van der Waals surface area contributed by atoms with Crippen molar-refractivity contribution in [1.82, 2.24) is 0 Å². The predicted molar refractivity (Wildman–Crippen MR) is 62.6 cm³/mol. The molecule has 0 fully saturated rings. The molecule has 1 aromatic carbocycles. The van der Waals surface area contributed by atoms with Crippen molar-refractivity contribution in [3.63, 3.8) is 0 Å². The summed E-state index contributed by atoms with van der Waals surface area (Å²) in [4.78, 5) is 0. The molecule has 2 nitrogen and oxygen atoms in total. The second-order valence-electron chi connectivity index (χ2n) is 3.61. The van der Waals surface area contributed by atoms with Gasteiger partial charge in [-0.05, 0) is 30.0 Å². The predicted octanol–water partition coefficient (Wildman–Crippen LogP) is 3.07. The summed E-state index contributed by atoms with van der Waals surface area (Å²) in [5, 5.41) is 0. The number of hydrogen-bond donors (Lipinski definition) is 0. The maximum absolute atomic E-state index is 5.24. The van der Waals surface area contributed by atoms with Crippen LogP contribution in [0.4, 0.5) is 0 Å². The first-order valence-electron chi connectivity index (χ1n) is 5.04. The smallest absolute Gasteiger partial charge is 0.160 e. The van der Waals surface area contributed by atoms with Gasteiger partial charge in [-0.25, -0.2) is 0 Å². The molecule has 0 heterocycles. The Morgan fingerprint density at radius 2 is 1.93 bits per heavy atom. The van der Waals surface area contributed by atoms with Crippen molar-refractivity contribution >= 4 is 0 Å². The molecule has 1 atom stereocenters. The maximum atomic E-state index is 5.24. The molecule has 0 aromatic heterocycles. The topological polar surface area (TPSA) is 18.5 Å². The van der Waals surface area contributed by atoms with Crippen molar-refractivity contribution in [3.05, 3.63) is 36.4 Å². The first-order valence-corrected chi connectivity index (χ1v) is 5.04. The van der Waals surface area contributed by atoms with Gasteiger partial charge >= 0.3 is 0 Å². The number of rotatable bonds is 5. The van der Waals surface area contributed by atoms with Crippen molar-refractivity contribution in [2.45, 2.75) is 13.3 Å². The highest BCUT2D eigenvalue weighted by Crippen LogP contribution is 2.28. The van der Waals surface area contributed by atoms with Crippen LogP contribution < -0.4 is 9.47 Å². The molecule has 0 spiro atoms. The summed E-state index contributed by atoms with van der Waals surface area (Å²) in [6, 6.07) is 6.00. The Bertz CT molecular complexity index is 331. The monoisotopic (exact) mass is 206 g/mol. The van der Waals surface area contributed by atoms with Gasteiger partial charge in [-0.1, -0.05) is 19.1 Å². The molecule has 0 aliphatic heterocycles. The summed E-state index contributed by atoms with van der Waals surface area (Å²) in [5.74, 6) is 2.03. The van der Waals surface area contributed by atoms with E-state index in [-0.39, 0.29) is 0 Å². The molecule has 1 unspecified atom stereocenters. The van der Waals surface area contributed by atoms with E-state index in [0.717, 1.165) is 17.9 Å². The van der Waals surface area contributed by atoms with Crippen LogP contribution >= 0.6 is 0 Å². The number of ether oxygens (including phenoxy) is 2. The van der Waals surface area contributed by atoms with Crippen molar-refractivity contribution in [3.8, 4) is 11.5 Å². The number of allylic oxidation sites excluding steroid dienone is 1. The number of methoxy groups -OCH3 is 2. The Morgan fingerprint density at radius 1 is 1.27 bits per heavy atom. The third kappa shape index (κ3) is 3.01. The van der Waals surface area contributed by atoms with Crippen molar-refractivity contribution in [1.29, 1.82) is 0 Å². The molecule has 0 saturated carbocycles. The van der Waals surface area contributed by atoms with Crippen LogP contribution in [0.1, 0.15) is 12.5 Å². The molecular formula is C13H18O2. The van der Waals surface area contributed by atoms with Gasteiger partial charge in [0.05, 0.1) is 14.2 Å². The molecule has 15 heavy (non-hydrogen) atoms. The first-order chi connectivity index (χ1) is 7.21. The quantitative estimate of drug-likeness (QED) is 0.689. The van der Waals surface area contributed by atoms with E-state index in [2.05, 4.69) is 19.6 Å². The van der Waals surface area contributed by atoms with E-state index >= 15 is 0 Å². The lowest BCUT2D eigenvalue weighted by atomic mass is 10.0. The summed E-state index contributed by atoms with van der Waals surface area (Å²) < 4.78 is 10.4. The van der Waals surface area contributed by atoms with Crippen LogP contribution in [0.25, 0.3) is 0 Å². The molecule has 0 amide bonds. The van der Waals surface area contributed by atoms with Gasteiger partial charge in [0.15, 0.2) is 11.5 Å². The normalized spacial score (nSPS) is 11.9. The van der Waals surface area contributed by atoms with Crippen molar-refractivity contribution < 1.29 is 9.47 Å². The number of hydrogen-bond acceptors (Lipinski definition) is 2. The van der Waals surface area contributed by atoms with Gasteiger partial charge in [0.1, 0.15) is 0 Å². The molecule has 0 aliphatic rings. The molecule has 1 aromatic rings. The van der Waals surface area contributed by atoms with Crippen molar-refractivity contribution in [2.24, 2.45) is 5.92 Å². The van der Waals surface area contributed by atoms with E-state index in [1.165, 1.54) is 5.56 Å². The minimum Gasteiger partial charge on any atom is -0.493 e. The largest absolute Gasteiger partial charge is 0.493 e. The Hall–Kier alpha value is -1.44. The second kappa shape index (κ2) is 5.44. The standard InChI is InChI=1S/C13H18O2/c1-5-10(2)8-11-6-7-12(14-3)13(9-11)15-4/h5-7,9-10H,1,8H2,2-4H3. The maximum Gasteiger partial charge on any atom is 0.160 e. The van der Waals surface area contributed by atoms with Crippen LogP contribution in [-0.4, -0.2) is 14.2 Å². The van der Waals surface area contributed by atoms with E-state index in [9.17, 15) is 0 Å². The third-order valence-corrected chi connectivity index (χ3v) is 2.41. The van der Waals surface area contributed by atoms with Gasteiger partial charge in [0.25, 0.3) is 0 Å². The van der Waals surface area contributed by atoms with Gasteiger partial charge in [-0.2, -0.15) is 0 Å². The van der Waals surface area contributed by atoms with Crippen LogP contribution in [0.5, 0.6) is 11.5 Å². The fourth-order valence-corrected chi connectivity index (χ4v) is 1.46. The Balaban J connectivity index is 2.87. The lowest BCUT2D eigenvalue weighted by Crippen LogP contribution is -1.97. The zero-order valence-corrected chi connectivity index (χ0v) is 9.62. The molecular weight excluding hydrogens is 188 g/mol. The van der Waals surface area contributed by atoms with E-state index in [1.54, 1.807) is 14.2 Å². The minimum atomic E-state index is 0.475. The highest BCUT2D eigenvalue weighted by atomic mass is 16.5. The Labute approximate surface area is 91.5 Å². The zero-order valence-electron chi connectivity index (χ0n) is 9.62. The Morgan fingerprint density at radius 3 is 2.47 bits per heavy atom.